The molecule has 0 radical (unpaired) electrons. The lowest BCUT2D eigenvalue weighted by Crippen LogP contribution is -2.43. The molecule has 1 rings (SSSR count). The topological polar surface area (TPSA) is 41.1 Å². The minimum atomic E-state index is 0.158. The Kier molecular flexibility index (Phi) is 6.56. The Bertz CT molecular complexity index is 222. The fourth-order valence-corrected chi connectivity index (χ4v) is 2.41. The van der Waals surface area contributed by atoms with Crippen LogP contribution in [0, 0.1) is 5.92 Å². The Morgan fingerprint density at radius 2 is 1.88 bits per heavy atom. The van der Waals surface area contributed by atoms with Crippen LogP contribution in [0.3, 0.4) is 0 Å². The Labute approximate surface area is 106 Å². The molecule has 1 aliphatic carbocycles. The van der Waals surface area contributed by atoms with Gasteiger partial charge >= 0.3 is 0 Å². The summed E-state index contributed by atoms with van der Waals surface area (Å²) in [6.07, 6.45) is 7.23. The van der Waals surface area contributed by atoms with Crippen LogP contribution in [-0.4, -0.2) is 24.5 Å². The maximum Gasteiger partial charge on any atom is 0.234 e. The van der Waals surface area contributed by atoms with E-state index in [4.69, 9.17) is 0 Å². The highest BCUT2D eigenvalue weighted by atomic mass is 16.1. The van der Waals surface area contributed by atoms with Crippen molar-refractivity contribution in [3.63, 3.8) is 0 Å². The van der Waals surface area contributed by atoms with Crippen LogP contribution in [0.1, 0.15) is 59.3 Å². The highest BCUT2D eigenvalue weighted by Gasteiger charge is 2.21. The Balaban J connectivity index is 2.15. The molecule has 0 bridgehead atoms. The molecule has 0 aliphatic heterocycles. The van der Waals surface area contributed by atoms with Gasteiger partial charge in [-0.1, -0.05) is 20.3 Å². The third kappa shape index (κ3) is 5.53. The van der Waals surface area contributed by atoms with Crippen LogP contribution < -0.4 is 10.6 Å². The molecule has 0 aromatic rings. The van der Waals surface area contributed by atoms with Crippen molar-refractivity contribution < 1.29 is 4.79 Å². The summed E-state index contributed by atoms with van der Waals surface area (Å²) in [6.45, 7) is 6.96. The van der Waals surface area contributed by atoms with E-state index in [1.165, 1.54) is 19.3 Å². The first-order valence-electron chi connectivity index (χ1n) is 7.18. The number of hydrogen-bond donors (Lipinski definition) is 2. The SMILES string of the molecule is CCC1CCC(NC(=O)CNC(C)CC)CC1. The molecule has 0 aromatic heterocycles. The van der Waals surface area contributed by atoms with Gasteiger partial charge in [0.25, 0.3) is 0 Å². The quantitative estimate of drug-likeness (QED) is 0.749. The van der Waals surface area contributed by atoms with E-state index >= 15 is 0 Å². The predicted molar refractivity (Wildman–Crippen MR) is 71.9 cm³/mol. The Morgan fingerprint density at radius 1 is 1.24 bits per heavy atom. The van der Waals surface area contributed by atoms with E-state index in [-0.39, 0.29) is 5.91 Å². The van der Waals surface area contributed by atoms with E-state index in [0.29, 0.717) is 18.6 Å². The minimum Gasteiger partial charge on any atom is -0.352 e. The molecule has 0 saturated heterocycles. The van der Waals surface area contributed by atoms with Crippen LogP contribution in [0.5, 0.6) is 0 Å². The first-order valence-corrected chi connectivity index (χ1v) is 7.18. The molecule has 3 heteroatoms. The van der Waals surface area contributed by atoms with Gasteiger partial charge in [-0.25, -0.2) is 0 Å². The summed E-state index contributed by atoms with van der Waals surface area (Å²) in [4.78, 5) is 11.7. The summed E-state index contributed by atoms with van der Waals surface area (Å²) in [7, 11) is 0. The third-order valence-corrected chi connectivity index (χ3v) is 4.01. The van der Waals surface area contributed by atoms with Crippen molar-refractivity contribution in [3.05, 3.63) is 0 Å². The largest absolute Gasteiger partial charge is 0.352 e. The highest BCUT2D eigenvalue weighted by molar-refractivity contribution is 5.78. The van der Waals surface area contributed by atoms with Gasteiger partial charge in [0.2, 0.25) is 5.91 Å². The molecule has 1 fully saturated rings. The third-order valence-electron chi connectivity index (χ3n) is 4.01. The van der Waals surface area contributed by atoms with E-state index in [2.05, 4.69) is 31.4 Å². The molecule has 0 aromatic carbocycles. The average molecular weight is 240 g/mol. The maximum atomic E-state index is 11.7. The first kappa shape index (κ1) is 14.5. The fourth-order valence-electron chi connectivity index (χ4n) is 2.41. The van der Waals surface area contributed by atoms with Crippen molar-refractivity contribution >= 4 is 5.91 Å². The molecular weight excluding hydrogens is 212 g/mol. The molecule has 0 spiro atoms. The zero-order valence-corrected chi connectivity index (χ0v) is 11.6. The van der Waals surface area contributed by atoms with Gasteiger partial charge in [-0.3, -0.25) is 4.79 Å². The fraction of sp³-hybridized carbons (Fsp3) is 0.929. The standard InChI is InChI=1S/C14H28N2O/c1-4-11(3)15-10-14(17)16-13-8-6-12(5-2)7-9-13/h11-13,15H,4-10H2,1-3H3,(H,16,17). The maximum absolute atomic E-state index is 11.7. The van der Waals surface area contributed by atoms with Crippen LogP contribution in [0.15, 0.2) is 0 Å². The number of carbonyl (C=O) groups is 1. The molecular formula is C14H28N2O. The second-order valence-electron chi connectivity index (χ2n) is 5.38. The summed E-state index contributed by atoms with van der Waals surface area (Å²) >= 11 is 0. The van der Waals surface area contributed by atoms with Crippen LogP contribution >= 0.6 is 0 Å². The van der Waals surface area contributed by atoms with Crippen molar-refractivity contribution in [1.82, 2.24) is 10.6 Å². The summed E-state index contributed by atoms with van der Waals surface area (Å²) in [5, 5.41) is 6.37. The van der Waals surface area contributed by atoms with Crippen molar-refractivity contribution in [2.75, 3.05) is 6.54 Å². The lowest BCUT2D eigenvalue weighted by Gasteiger charge is -2.28. The van der Waals surface area contributed by atoms with Crippen LogP contribution in [0.2, 0.25) is 0 Å². The van der Waals surface area contributed by atoms with E-state index in [1.54, 1.807) is 0 Å². The van der Waals surface area contributed by atoms with Crippen LogP contribution in [0.25, 0.3) is 0 Å². The number of hydrogen-bond acceptors (Lipinski definition) is 2. The van der Waals surface area contributed by atoms with E-state index < -0.39 is 0 Å². The van der Waals surface area contributed by atoms with Gasteiger partial charge in [0, 0.05) is 12.1 Å². The van der Waals surface area contributed by atoms with Crippen molar-refractivity contribution in [2.45, 2.75) is 71.4 Å². The van der Waals surface area contributed by atoms with Gasteiger partial charge in [0.1, 0.15) is 0 Å². The van der Waals surface area contributed by atoms with Crippen molar-refractivity contribution in [3.8, 4) is 0 Å². The number of carbonyl (C=O) groups excluding carboxylic acids is 1. The summed E-state index contributed by atoms with van der Waals surface area (Å²) in [6, 6.07) is 0.848. The summed E-state index contributed by atoms with van der Waals surface area (Å²) in [5.74, 6) is 1.05. The number of nitrogens with one attached hydrogen (secondary N) is 2. The molecule has 1 saturated carbocycles. The molecule has 100 valence electrons. The van der Waals surface area contributed by atoms with Gasteiger partial charge in [-0.2, -0.15) is 0 Å². The normalized spacial score (nSPS) is 26.5. The van der Waals surface area contributed by atoms with Gasteiger partial charge < -0.3 is 10.6 Å². The molecule has 2 N–H and O–H groups in total. The number of amides is 1. The average Bonchev–Trinajstić information content (AvgIpc) is 2.36. The predicted octanol–water partition coefficient (Wildman–Crippen LogP) is 2.46. The smallest absolute Gasteiger partial charge is 0.234 e. The molecule has 1 amide bonds. The van der Waals surface area contributed by atoms with Crippen molar-refractivity contribution in [1.29, 1.82) is 0 Å². The molecule has 3 nitrogen and oxygen atoms in total. The first-order chi connectivity index (χ1) is 8.15. The molecule has 1 unspecified atom stereocenters. The van der Waals surface area contributed by atoms with Crippen molar-refractivity contribution in [2.24, 2.45) is 5.92 Å². The number of rotatable bonds is 6. The lowest BCUT2D eigenvalue weighted by molar-refractivity contribution is -0.121. The monoisotopic (exact) mass is 240 g/mol. The zero-order valence-electron chi connectivity index (χ0n) is 11.6. The Morgan fingerprint density at radius 3 is 2.41 bits per heavy atom. The molecule has 0 heterocycles. The zero-order chi connectivity index (χ0) is 12.7. The summed E-state index contributed by atoms with van der Waals surface area (Å²) < 4.78 is 0. The van der Waals surface area contributed by atoms with Gasteiger partial charge in [-0.05, 0) is 44.9 Å². The van der Waals surface area contributed by atoms with E-state index in [1.807, 2.05) is 0 Å². The second kappa shape index (κ2) is 7.70. The molecule has 1 aliphatic rings. The van der Waals surface area contributed by atoms with Crippen LogP contribution in [0.4, 0.5) is 0 Å². The van der Waals surface area contributed by atoms with Gasteiger partial charge in [-0.15, -0.1) is 0 Å². The van der Waals surface area contributed by atoms with Crippen LogP contribution in [-0.2, 0) is 4.79 Å². The van der Waals surface area contributed by atoms with Gasteiger partial charge in [0.15, 0.2) is 0 Å². The van der Waals surface area contributed by atoms with E-state index in [9.17, 15) is 4.79 Å². The molecule has 17 heavy (non-hydrogen) atoms. The van der Waals surface area contributed by atoms with E-state index in [0.717, 1.165) is 25.2 Å². The molecule has 1 atom stereocenters. The van der Waals surface area contributed by atoms with Gasteiger partial charge in [0.05, 0.1) is 6.54 Å². The lowest BCUT2D eigenvalue weighted by atomic mass is 9.84. The minimum absolute atomic E-state index is 0.158. The highest BCUT2D eigenvalue weighted by Crippen LogP contribution is 2.26. The Hall–Kier alpha value is -0.570. The second-order valence-corrected chi connectivity index (χ2v) is 5.38. The summed E-state index contributed by atoms with van der Waals surface area (Å²) in [5.41, 5.74) is 0.